The number of piperidine rings is 1. The van der Waals surface area contributed by atoms with E-state index in [9.17, 15) is 0 Å². The van der Waals surface area contributed by atoms with Crippen LogP contribution in [0.15, 0.2) is 28.7 Å². The van der Waals surface area contributed by atoms with Crippen molar-refractivity contribution >= 4 is 15.9 Å². The van der Waals surface area contributed by atoms with E-state index in [-0.39, 0.29) is 0 Å². The summed E-state index contributed by atoms with van der Waals surface area (Å²) in [6.07, 6.45) is 1.36. The summed E-state index contributed by atoms with van der Waals surface area (Å²) in [4.78, 5) is 2.61. The van der Waals surface area contributed by atoms with Crippen LogP contribution in [0.25, 0.3) is 0 Å². The maximum absolute atomic E-state index is 3.64. The third-order valence-electron chi connectivity index (χ3n) is 4.14. The molecule has 2 fully saturated rings. The second-order valence-corrected chi connectivity index (χ2v) is 6.15. The fraction of sp³-hybridized carbons (Fsp3) is 0.571. The van der Waals surface area contributed by atoms with Crippen molar-refractivity contribution in [3.8, 4) is 0 Å². The summed E-state index contributed by atoms with van der Waals surface area (Å²) in [7, 11) is 0. The number of rotatable bonds is 2. The predicted octanol–water partition coefficient (Wildman–Crippen LogP) is 2.49. The Morgan fingerprint density at radius 1 is 1.24 bits per heavy atom. The van der Waals surface area contributed by atoms with Gasteiger partial charge >= 0.3 is 0 Å². The van der Waals surface area contributed by atoms with Gasteiger partial charge in [-0.1, -0.05) is 34.1 Å². The number of halogens is 1. The van der Waals surface area contributed by atoms with Crippen LogP contribution in [0.1, 0.15) is 12.0 Å². The maximum atomic E-state index is 3.64. The van der Waals surface area contributed by atoms with E-state index in [0.29, 0.717) is 0 Å². The van der Waals surface area contributed by atoms with Crippen molar-refractivity contribution in [2.45, 2.75) is 13.0 Å². The van der Waals surface area contributed by atoms with E-state index >= 15 is 0 Å². The molecule has 3 rings (SSSR count). The molecule has 0 aromatic heterocycles. The van der Waals surface area contributed by atoms with Gasteiger partial charge in [-0.3, -0.25) is 4.90 Å². The first-order chi connectivity index (χ1) is 8.33. The Morgan fingerprint density at radius 2 is 2.06 bits per heavy atom. The Hall–Kier alpha value is -0.380. The lowest BCUT2D eigenvalue weighted by Gasteiger charge is -2.34. The molecule has 1 aromatic rings. The van der Waals surface area contributed by atoms with Crippen molar-refractivity contribution in [2.75, 3.05) is 26.2 Å². The van der Waals surface area contributed by atoms with Gasteiger partial charge in [-0.05, 0) is 49.5 Å². The molecule has 1 aromatic carbocycles. The molecule has 2 atom stereocenters. The van der Waals surface area contributed by atoms with E-state index in [1.54, 1.807) is 0 Å². The van der Waals surface area contributed by atoms with Crippen LogP contribution >= 0.6 is 15.9 Å². The SMILES string of the molecule is Brc1ccccc1CN1CCC2CNCC2C1. The van der Waals surface area contributed by atoms with Crippen LogP contribution in [0.4, 0.5) is 0 Å². The molecular weight excluding hydrogens is 276 g/mol. The molecule has 2 heterocycles. The normalized spacial score (nSPS) is 29.2. The molecule has 0 radical (unpaired) electrons. The van der Waals surface area contributed by atoms with Gasteiger partial charge in [0, 0.05) is 17.6 Å². The van der Waals surface area contributed by atoms with Gasteiger partial charge in [-0.2, -0.15) is 0 Å². The fourth-order valence-electron chi connectivity index (χ4n) is 3.12. The second-order valence-electron chi connectivity index (χ2n) is 5.29. The third kappa shape index (κ3) is 2.56. The summed E-state index contributed by atoms with van der Waals surface area (Å²) in [6.45, 7) is 6.07. The van der Waals surface area contributed by atoms with E-state index in [0.717, 1.165) is 18.4 Å². The Bertz CT molecular complexity index is 394. The maximum Gasteiger partial charge on any atom is 0.0245 e. The van der Waals surface area contributed by atoms with Gasteiger partial charge in [-0.15, -0.1) is 0 Å². The van der Waals surface area contributed by atoms with E-state index in [1.807, 2.05) is 0 Å². The smallest absolute Gasteiger partial charge is 0.0245 e. The lowest BCUT2D eigenvalue weighted by molar-refractivity contribution is 0.142. The van der Waals surface area contributed by atoms with Crippen molar-refractivity contribution in [2.24, 2.45) is 11.8 Å². The van der Waals surface area contributed by atoms with Crippen LogP contribution in [0.2, 0.25) is 0 Å². The average molecular weight is 295 g/mol. The van der Waals surface area contributed by atoms with Crippen LogP contribution in [0.5, 0.6) is 0 Å². The van der Waals surface area contributed by atoms with Gasteiger partial charge in [0.1, 0.15) is 0 Å². The minimum atomic E-state index is 0.881. The molecular formula is C14H19BrN2. The minimum Gasteiger partial charge on any atom is -0.316 e. The lowest BCUT2D eigenvalue weighted by atomic mass is 9.88. The first kappa shape index (κ1) is 11.7. The van der Waals surface area contributed by atoms with Gasteiger partial charge in [0.15, 0.2) is 0 Å². The second kappa shape index (κ2) is 5.09. The summed E-state index contributed by atoms with van der Waals surface area (Å²) in [5, 5.41) is 3.52. The molecule has 2 unspecified atom stereocenters. The zero-order chi connectivity index (χ0) is 11.7. The zero-order valence-electron chi connectivity index (χ0n) is 10.0. The molecule has 3 heteroatoms. The van der Waals surface area contributed by atoms with Crippen molar-refractivity contribution in [3.05, 3.63) is 34.3 Å². The average Bonchev–Trinajstić information content (AvgIpc) is 2.79. The Morgan fingerprint density at radius 3 is 2.94 bits per heavy atom. The number of benzene rings is 1. The monoisotopic (exact) mass is 294 g/mol. The largest absolute Gasteiger partial charge is 0.316 e. The van der Waals surface area contributed by atoms with E-state index < -0.39 is 0 Å². The van der Waals surface area contributed by atoms with Crippen molar-refractivity contribution in [1.82, 2.24) is 10.2 Å². The lowest BCUT2D eigenvalue weighted by Crippen LogP contribution is -2.39. The van der Waals surface area contributed by atoms with E-state index in [4.69, 9.17) is 0 Å². The highest BCUT2D eigenvalue weighted by molar-refractivity contribution is 9.10. The molecule has 1 N–H and O–H groups in total. The number of hydrogen-bond donors (Lipinski definition) is 1. The molecule has 17 heavy (non-hydrogen) atoms. The Balaban J connectivity index is 1.64. The zero-order valence-corrected chi connectivity index (χ0v) is 11.6. The summed E-state index contributed by atoms with van der Waals surface area (Å²) in [5.41, 5.74) is 1.41. The van der Waals surface area contributed by atoms with Crippen molar-refractivity contribution < 1.29 is 0 Å². The minimum absolute atomic E-state index is 0.881. The van der Waals surface area contributed by atoms with Gasteiger partial charge in [0.2, 0.25) is 0 Å². The van der Waals surface area contributed by atoms with E-state index in [2.05, 4.69) is 50.4 Å². The molecule has 0 bridgehead atoms. The van der Waals surface area contributed by atoms with E-state index in [1.165, 1.54) is 42.6 Å². The summed E-state index contributed by atoms with van der Waals surface area (Å²) < 4.78 is 1.24. The molecule has 0 saturated carbocycles. The molecule has 92 valence electrons. The van der Waals surface area contributed by atoms with Crippen molar-refractivity contribution in [3.63, 3.8) is 0 Å². The van der Waals surface area contributed by atoms with Crippen LogP contribution in [-0.2, 0) is 6.54 Å². The van der Waals surface area contributed by atoms with Crippen molar-refractivity contribution in [1.29, 1.82) is 0 Å². The third-order valence-corrected chi connectivity index (χ3v) is 4.91. The molecule has 2 saturated heterocycles. The summed E-state index contributed by atoms with van der Waals surface area (Å²) >= 11 is 3.64. The van der Waals surface area contributed by atoms with Gasteiger partial charge in [-0.25, -0.2) is 0 Å². The molecule has 0 aliphatic carbocycles. The Kier molecular flexibility index (Phi) is 3.50. The standard InChI is InChI=1S/C14H19BrN2/c15-14-4-2-1-3-12(14)9-17-6-5-11-7-16-8-13(11)10-17/h1-4,11,13,16H,5-10H2. The highest BCUT2D eigenvalue weighted by atomic mass is 79.9. The highest BCUT2D eigenvalue weighted by Gasteiger charge is 2.32. The topological polar surface area (TPSA) is 15.3 Å². The molecule has 2 aliphatic rings. The van der Waals surface area contributed by atoms with Gasteiger partial charge < -0.3 is 5.32 Å². The number of nitrogens with one attached hydrogen (secondary N) is 1. The van der Waals surface area contributed by atoms with Gasteiger partial charge in [0.25, 0.3) is 0 Å². The molecule has 2 nitrogen and oxygen atoms in total. The van der Waals surface area contributed by atoms with Crippen LogP contribution in [0.3, 0.4) is 0 Å². The molecule has 2 aliphatic heterocycles. The summed E-state index contributed by atoms with van der Waals surface area (Å²) in [5.74, 6) is 1.82. The molecule has 0 amide bonds. The predicted molar refractivity (Wildman–Crippen MR) is 73.9 cm³/mol. The number of nitrogens with zero attached hydrogens (tertiary/aromatic N) is 1. The Labute approximate surface area is 112 Å². The quantitative estimate of drug-likeness (QED) is 0.902. The first-order valence-corrected chi connectivity index (χ1v) is 7.29. The fourth-order valence-corrected chi connectivity index (χ4v) is 3.53. The summed E-state index contributed by atoms with van der Waals surface area (Å²) in [6, 6.07) is 8.58. The van der Waals surface area contributed by atoms with Crippen LogP contribution in [0, 0.1) is 11.8 Å². The molecule has 0 spiro atoms. The van der Waals surface area contributed by atoms with Crippen LogP contribution < -0.4 is 5.32 Å². The number of hydrogen-bond acceptors (Lipinski definition) is 2. The number of fused-ring (bicyclic) bond motifs is 1. The first-order valence-electron chi connectivity index (χ1n) is 6.49. The highest BCUT2D eigenvalue weighted by Crippen LogP contribution is 2.28. The number of likely N-dealkylation sites (tertiary alicyclic amines) is 1. The van der Waals surface area contributed by atoms with Gasteiger partial charge in [0.05, 0.1) is 0 Å². The van der Waals surface area contributed by atoms with Crippen LogP contribution in [-0.4, -0.2) is 31.1 Å².